The topological polar surface area (TPSA) is 92.5 Å². The molecule has 4 unspecified atom stereocenters. The van der Waals surface area contributed by atoms with Crippen molar-refractivity contribution in [2.45, 2.75) is 44.9 Å². The third-order valence-electron chi connectivity index (χ3n) is 5.38. The highest BCUT2D eigenvalue weighted by Crippen LogP contribution is 2.37. The molecule has 1 amide bonds. The van der Waals surface area contributed by atoms with Gasteiger partial charge in [-0.25, -0.2) is 0 Å². The Morgan fingerprint density at radius 3 is 2.92 bits per heavy atom. The van der Waals surface area contributed by atoms with Crippen molar-refractivity contribution in [2.24, 2.45) is 11.8 Å². The van der Waals surface area contributed by atoms with Crippen molar-refractivity contribution in [3.8, 4) is 0 Å². The molecule has 0 spiro atoms. The van der Waals surface area contributed by atoms with Crippen LogP contribution in [-0.2, 0) is 21.7 Å². The van der Waals surface area contributed by atoms with Crippen LogP contribution < -0.4 is 5.32 Å². The Kier molecular flexibility index (Phi) is 5.41. The number of carbonyl (C=O) groups excluding carboxylic acids is 1. The normalized spacial score (nSPS) is 29.0. The fourth-order valence-corrected chi connectivity index (χ4v) is 3.92. The van der Waals surface area contributed by atoms with Gasteiger partial charge >= 0.3 is 0 Å². The summed E-state index contributed by atoms with van der Waals surface area (Å²) in [5, 5.41) is 21.2. The molecule has 3 aliphatic rings. The lowest BCUT2D eigenvalue weighted by molar-refractivity contribution is -0.133. The van der Waals surface area contributed by atoms with E-state index in [1.807, 2.05) is 10.9 Å². The molecule has 25 heavy (non-hydrogen) atoms. The van der Waals surface area contributed by atoms with E-state index in [-0.39, 0.29) is 11.8 Å². The summed E-state index contributed by atoms with van der Waals surface area (Å²) in [4.78, 5) is 14.8. The second-order valence-corrected chi connectivity index (χ2v) is 7.71. The van der Waals surface area contributed by atoms with Crippen LogP contribution in [0.5, 0.6) is 0 Å². The number of nitrogens with zero attached hydrogens (tertiary/aromatic N) is 4. The molecule has 4 heterocycles. The van der Waals surface area contributed by atoms with Crippen molar-refractivity contribution in [2.75, 3.05) is 33.4 Å². The second-order valence-electron chi connectivity index (χ2n) is 7.71. The average molecular weight is 351 g/mol. The SMILES string of the molecule is COCCNC(=O)C1CN2CCC1CC2Cn1cc(C(C)(C)O)nn1. The Morgan fingerprint density at radius 1 is 1.52 bits per heavy atom. The summed E-state index contributed by atoms with van der Waals surface area (Å²) in [5.41, 5.74) is -0.394. The van der Waals surface area contributed by atoms with E-state index in [0.29, 0.717) is 30.8 Å². The first kappa shape index (κ1) is 18.3. The average Bonchev–Trinajstić information content (AvgIpc) is 3.04. The molecule has 0 saturated carbocycles. The zero-order valence-electron chi connectivity index (χ0n) is 15.3. The molecule has 4 atom stereocenters. The van der Waals surface area contributed by atoms with Crippen LogP contribution in [0.3, 0.4) is 0 Å². The van der Waals surface area contributed by atoms with Gasteiger partial charge in [0.25, 0.3) is 0 Å². The van der Waals surface area contributed by atoms with Crippen LogP contribution in [0.4, 0.5) is 0 Å². The van der Waals surface area contributed by atoms with Gasteiger partial charge in [-0.3, -0.25) is 14.4 Å². The van der Waals surface area contributed by atoms with Gasteiger partial charge in [0.1, 0.15) is 11.3 Å². The number of carbonyl (C=O) groups is 1. The van der Waals surface area contributed by atoms with Gasteiger partial charge in [0.05, 0.1) is 25.3 Å². The van der Waals surface area contributed by atoms with E-state index in [0.717, 1.165) is 32.5 Å². The number of ether oxygens (including phenoxy) is 1. The number of aliphatic hydroxyl groups is 1. The molecular formula is C17H29N5O3. The molecule has 3 aliphatic heterocycles. The number of aromatic nitrogens is 3. The van der Waals surface area contributed by atoms with Crippen molar-refractivity contribution in [1.82, 2.24) is 25.2 Å². The van der Waals surface area contributed by atoms with E-state index < -0.39 is 5.60 Å². The Hall–Kier alpha value is -1.51. The number of methoxy groups -OCH3 is 1. The predicted octanol–water partition coefficient (Wildman–Crippen LogP) is -0.0215. The van der Waals surface area contributed by atoms with Crippen LogP contribution in [0.2, 0.25) is 0 Å². The fraction of sp³-hybridized carbons (Fsp3) is 0.824. The van der Waals surface area contributed by atoms with E-state index >= 15 is 0 Å². The molecule has 1 aromatic heterocycles. The second kappa shape index (κ2) is 7.39. The largest absolute Gasteiger partial charge is 0.384 e. The van der Waals surface area contributed by atoms with Gasteiger partial charge in [-0.05, 0) is 39.2 Å². The monoisotopic (exact) mass is 351 g/mol. The molecular weight excluding hydrogens is 322 g/mol. The molecule has 140 valence electrons. The molecule has 8 nitrogen and oxygen atoms in total. The maximum absolute atomic E-state index is 12.4. The van der Waals surface area contributed by atoms with Crippen LogP contribution in [0.1, 0.15) is 32.4 Å². The van der Waals surface area contributed by atoms with Crippen LogP contribution in [0.25, 0.3) is 0 Å². The quantitative estimate of drug-likeness (QED) is 0.671. The van der Waals surface area contributed by atoms with Crippen molar-refractivity contribution in [1.29, 1.82) is 0 Å². The zero-order valence-corrected chi connectivity index (χ0v) is 15.3. The van der Waals surface area contributed by atoms with E-state index in [1.54, 1.807) is 21.0 Å². The van der Waals surface area contributed by atoms with Crippen LogP contribution >= 0.6 is 0 Å². The zero-order chi connectivity index (χ0) is 18.0. The number of fused-ring (bicyclic) bond motifs is 3. The molecule has 0 aromatic carbocycles. The van der Waals surface area contributed by atoms with Crippen LogP contribution in [0.15, 0.2) is 6.20 Å². The molecule has 2 bridgehead atoms. The molecule has 4 rings (SSSR count). The Morgan fingerprint density at radius 2 is 2.32 bits per heavy atom. The lowest BCUT2D eigenvalue weighted by Gasteiger charge is -2.49. The van der Waals surface area contributed by atoms with Gasteiger partial charge in [-0.1, -0.05) is 5.21 Å². The molecule has 8 heteroatoms. The van der Waals surface area contributed by atoms with Gasteiger partial charge in [0.15, 0.2) is 0 Å². The molecule has 0 radical (unpaired) electrons. The summed E-state index contributed by atoms with van der Waals surface area (Å²) in [5.74, 6) is 0.648. The molecule has 3 saturated heterocycles. The van der Waals surface area contributed by atoms with Gasteiger partial charge in [0, 0.05) is 26.2 Å². The standard InChI is InChI=1S/C17H29N5O3/c1-17(2,24)15-11-22(20-19-15)9-13-8-12-4-6-21(13)10-14(12)16(23)18-5-7-25-3/h11-14,24H,4-10H2,1-3H3,(H,18,23). The third-order valence-corrected chi connectivity index (χ3v) is 5.38. The third kappa shape index (κ3) is 4.19. The van der Waals surface area contributed by atoms with Crippen LogP contribution in [0, 0.1) is 11.8 Å². The summed E-state index contributed by atoms with van der Waals surface area (Å²) in [6.45, 7) is 7.12. The van der Waals surface area contributed by atoms with E-state index in [4.69, 9.17) is 4.74 Å². The molecule has 0 aliphatic carbocycles. The summed E-state index contributed by atoms with van der Waals surface area (Å²) < 4.78 is 6.80. The molecule has 2 N–H and O–H groups in total. The summed E-state index contributed by atoms with van der Waals surface area (Å²) in [7, 11) is 1.64. The summed E-state index contributed by atoms with van der Waals surface area (Å²) in [6, 6.07) is 0.373. The van der Waals surface area contributed by atoms with Crippen molar-refractivity contribution < 1.29 is 14.6 Å². The van der Waals surface area contributed by atoms with Gasteiger partial charge in [0.2, 0.25) is 5.91 Å². The predicted molar refractivity (Wildman–Crippen MR) is 91.7 cm³/mol. The minimum absolute atomic E-state index is 0.0736. The van der Waals surface area contributed by atoms with Crippen molar-refractivity contribution in [3.63, 3.8) is 0 Å². The molecule has 3 fully saturated rings. The number of piperidine rings is 3. The first-order valence-corrected chi connectivity index (χ1v) is 9.02. The maximum Gasteiger partial charge on any atom is 0.224 e. The van der Waals surface area contributed by atoms with Crippen molar-refractivity contribution in [3.05, 3.63) is 11.9 Å². The highest BCUT2D eigenvalue weighted by Gasteiger charge is 2.43. The maximum atomic E-state index is 12.4. The van der Waals surface area contributed by atoms with Crippen LogP contribution in [-0.4, -0.2) is 70.3 Å². The number of hydrogen-bond donors (Lipinski definition) is 2. The Labute approximate surface area is 148 Å². The number of rotatable bonds is 7. The minimum Gasteiger partial charge on any atom is -0.384 e. The first-order chi connectivity index (χ1) is 11.9. The highest BCUT2D eigenvalue weighted by molar-refractivity contribution is 5.79. The fourth-order valence-electron chi connectivity index (χ4n) is 3.92. The first-order valence-electron chi connectivity index (χ1n) is 9.02. The lowest BCUT2D eigenvalue weighted by Crippen LogP contribution is -2.58. The van der Waals surface area contributed by atoms with Gasteiger partial charge < -0.3 is 15.2 Å². The number of amides is 1. The Bertz CT molecular complexity index is 597. The number of nitrogens with one attached hydrogen (secondary N) is 1. The summed E-state index contributed by atoms with van der Waals surface area (Å²) in [6.07, 6.45) is 3.89. The van der Waals surface area contributed by atoms with Gasteiger partial charge in [-0.2, -0.15) is 0 Å². The smallest absolute Gasteiger partial charge is 0.224 e. The summed E-state index contributed by atoms with van der Waals surface area (Å²) >= 11 is 0. The van der Waals surface area contributed by atoms with Gasteiger partial charge in [-0.15, -0.1) is 5.10 Å². The highest BCUT2D eigenvalue weighted by atomic mass is 16.5. The van der Waals surface area contributed by atoms with E-state index in [9.17, 15) is 9.90 Å². The lowest BCUT2D eigenvalue weighted by atomic mass is 9.75. The van der Waals surface area contributed by atoms with E-state index in [1.165, 1.54) is 0 Å². The van der Waals surface area contributed by atoms with E-state index in [2.05, 4.69) is 20.5 Å². The minimum atomic E-state index is -0.977. The molecule has 1 aromatic rings. The van der Waals surface area contributed by atoms with Crippen molar-refractivity contribution >= 4 is 5.91 Å². The number of hydrogen-bond acceptors (Lipinski definition) is 6. The Balaban J connectivity index is 1.57.